The maximum atomic E-state index is 13.1. The number of aryl methyl sites for hydroxylation is 1. The highest BCUT2D eigenvalue weighted by Crippen LogP contribution is 2.40. The third kappa shape index (κ3) is 4.24. The van der Waals surface area contributed by atoms with Gasteiger partial charge < -0.3 is 10.4 Å². The normalized spacial score (nSPS) is 11.0. The fourth-order valence-corrected chi connectivity index (χ4v) is 3.58. The molecule has 0 fully saturated rings. The van der Waals surface area contributed by atoms with Crippen LogP contribution in [0.4, 0.5) is 22.9 Å². The summed E-state index contributed by atoms with van der Waals surface area (Å²) in [5, 5.41) is 27.8. The quantitative estimate of drug-likeness (QED) is 0.237. The molecule has 0 aliphatic rings. The van der Waals surface area contributed by atoms with E-state index in [2.05, 4.69) is 35.5 Å². The average Bonchev–Trinajstić information content (AvgIpc) is 3.32. The zero-order chi connectivity index (χ0) is 25.1. The van der Waals surface area contributed by atoms with Crippen LogP contribution in [0, 0.1) is 13.5 Å². The molecule has 1 amide bonds. The number of carbonyl (C=O) groups is 1. The Balaban J connectivity index is 1.60. The van der Waals surface area contributed by atoms with Crippen LogP contribution in [0.25, 0.3) is 21.6 Å². The standard InChI is InChI=1S/C26H18N8O2/c1-16-8-10-18(11-9-16)31-25(36)20-14-17-6-3-4-7-19(17)22(23(20)35)32-33-24-21(27-2)15-30-34(24)26-28-12-5-13-29-26/h3-15,35H,1H3,(H,31,36)/b33-32+. The van der Waals surface area contributed by atoms with Crippen molar-refractivity contribution < 1.29 is 9.90 Å². The second-order valence-corrected chi connectivity index (χ2v) is 7.79. The number of nitrogens with one attached hydrogen (secondary N) is 1. The van der Waals surface area contributed by atoms with E-state index in [0.717, 1.165) is 5.56 Å². The van der Waals surface area contributed by atoms with E-state index in [1.807, 2.05) is 31.2 Å². The summed E-state index contributed by atoms with van der Waals surface area (Å²) in [5.41, 5.74) is 1.90. The van der Waals surface area contributed by atoms with Crippen LogP contribution in [0.15, 0.2) is 89.5 Å². The molecule has 10 heteroatoms. The Bertz CT molecular complexity index is 1650. The molecular formula is C26H18N8O2. The van der Waals surface area contributed by atoms with Crippen LogP contribution in [0.5, 0.6) is 5.75 Å². The van der Waals surface area contributed by atoms with E-state index in [-0.39, 0.29) is 34.5 Å². The van der Waals surface area contributed by atoms with Crippen molar-refractivity contribution in [1.82, 2.24) is 19.7 Å². The molecule has 2 heterocycles. The number of aromatic nitrogens is 4. The molecule has 0 aliphatic carbocycles. The Hall–Kier alpha value is -5.43. The van der Waals surface area contributed by atoms with Crippen LogP contribution in [-0.2, 0) is 0 Å². The third-order valence-corrected chi connectivity index (χ3v) is 5.38. The van der Waals surface area contributed by atoms with Gasteiger partial charge in [-0.15, -0.1) is 10.2 Å². The number of phenols is 1. The highest BCUT2D eigenvalue weighted by atomic mass is 16.3. The maximum Gasteiger partial charge on any atom is 0.259 e. The Kier molecular flexibility index (Phi) is 5.86. The predicted molar refractivity (Wildman–Crippen MR) is 134 cm³/mol. The van der Waals surface area contributed by atoms with Crippen molar-refractivity contribution in [3.05, 3.63) is 102 Å². The molecule has 10 nitrogen and oxygen atoms in total. The number of hydrogen-bond donors (Lipinski definition) is 2. The zero-order valence-corrected chi connectivity index (χ0v) is 19.0. The summed E-state index contributed by atoms with van der Waals surface area (Å²) in [6.45, 7) is 9.41. The van der Waals surface area contributed by atoms with Crippen molar-refractivity contribution in [2.45, 2.75) is 6.92 Å². The lowest BCUT2D eigenvalue weighted by Gasteiger charge is -2.11. The summed E-state index contributed by atoms with van der Waals surface area (Å²) >= 11 is 0. The van der Waals surface area contributed by atoms with Crippen LogP contribution in [0.1, 0.15) is 15.9 Å². The van der Waals surface area contributed by atoms with Gasteiger partial charge >= 0.3 is 0 Å². The number of carbonyl (C=O) groups excluding carboxylic acids is 1. The van der Waals surface area contributed by atoms with Gasteiger partial charge in [-0.2, -0.15) is 9.78 Å². The molecule has 5 rings (SSSR count). The van der Waals surface area contributed by atoms with Crippen LogP contribution in [0.3, 0.4) is 0 Å². The molecule has 0 radical (unpaired) electrons. The zero-order valence-electron chi connectivity index (χ0n) is 19.0. The van der Waals surface area contributed by atoms with Crippen molar-refractivity contribution in [3.63, 3.8) is 0 Å². The van der Waals surface area contributed by atoms with Gasteiger partial charge in [-0.3, -0.25) is 4.79 Å². The van der Waals surface area contributed by atoms with Gasteiger partial charge in [0.05, 0.1) is 18.3 Å². The molecule has 174 valence electrons. The Morgan fingerprint density at radius 2 is 1.81 bits per heavy atom. The maximum absolute atomic E-state index is 13.1. The van der Waals surface area contributed by atoms with Gasteiger partial charge in [0.2, 0.25) is 0 Å². The van der Waals surface area contributed by atoms with Gasteiger partial charge in [-0.1, -0.05) is 42.0 Å². The molecule has 0 unspecified atom stereocenters. The number of phenolic OH excluding ortho intramolecular Hbond substituents is 1. The monoisotopic (exact) mass is 474 g/mol. The van der Waals surface area contributed by atoms with Crippen molar-refractivity contribution in [3.8, 4) is 11.7 Å². The lowest BCUT2D eigenvalue weighted by Crippen LogP contribution is -2.12. The van der Waals surface area contributed by atoms with E-state index >= 15 is 0 Å². The highest BCUT2D eigenvalue weighted by Gasteiger charge is 2.20. The van der Waals surface area contributed by atoms with Gasteiger partial charge in [0.15, 0.2) is 11.6 Å². The lowest BCUT2D eigenvalue weighted by atomic mass is 10.0. The molecule has 5 aromatic rings. The summed E-state index contributed by atoms with van der Waals surface area (Å²) in [4.78, 5) is 24.8. The summed E-state index contributed by atoms with van der Waals surface area (Å²) in [7, 11) is 0. The fourth-order valence-electron chi connectivity index (χ4n) is 3.58. The second kappa shape index (κ2) is 9.44. The number of rotatable bonds is 5. The Labute approximate surface area is 205 Å². The first-order chi connectivity index (χ1) is 17.5. The summed E-state index contributed by atoms with van der Waals surface area (Å²) < 4.78 is 1.28. The minimum absolute atomic E-state index is 0.0357. The molecule has 2 N–H and O–H groups in total. The van der Waals surface area contributed by atoms with Crippen molar-refractivity contribution in [2.75, 3.05) is 5.32 Å². The number of benzene rings is 3. The van der Waals surface area contributed by atoms with Gasteiger partial charge in [0.1, 0.15) is 5.69 Å². The van der Waals surface area contributed by atoms with Gasteiger partial charge in [0, 0.05) is 23.5 Å². The van der Waals surface area contributed by atoms with Crippen LogP contribution >= 0.6 is 0 Å². The molecule has 0 atom stereocenters. The number of azo groups is 1. The fraction of sp³-hybridized carbons (Fsp3) is 0.0385. The number of fused-ring (bicyclic) bond motifs is 1. The first kappa shape index (κ1) is 22.4. The van der Waals surface area contributed by atoms with Crippen LogP contribution < -0.4 is 5.32 Å². The van der Waals surface area contributed by atoms with E-state index in [1.165, 1.54) is 23.3 Å². The van der Waals surface area contributed by atoms with E-state index in [0.29, 0.717) is 16.5 Å². The lowest BCUT2D eigenvalue weighted by molar-refractivity contribution is 0.102. The van der Waals surface area contributed by atoms with Gasteiger partial charge in [-0.05, 0) is 36.6 Å². The molecular weight excluding hydrogens is 456 g/mol. The number of anilines is 1. The van der Waals surface area contributed by atoms with E-state index in [4.69, 9.17) is 6.57 Å². The minimum Gasteiger partial charge on any atom is -0.505 e. The highest BCUT2D eigenvalue weighted by molar-refractivity contribution is 6.11. The average molecular weight is 474 g/mol. The molecule has 0 bridgehead atoms. The summed E-state index contributed by atoms with van der Waals surface area (Å²) in [6.07, 6.45) is 4.41. The Morgan fingerprint density at radius 1 is 1.06 bits per heavy atom. The predicted octanol–water partition coefficient (Wildman–Crippen LogP) is 6.05. The molecule has 0 spiro atoms. The number of hydrogen-bond acceptors (Lipinski definition) is 7. The molecule has 36 heavy (non-hydrogen) atoms. The molecule has 0 aliphatic heterocycles. The van der Waals surface area contributed by atoms with E-state index in [1.54, 1.807) is 36.4 Å². The van der Waals surface area contributed by atoms with Crippen LogP contribution in [-0.4, -0.2) is 30.8 Å². The third-order valence-electron chi connectivity index (χ3n) is 5.38. The van der Waals surface area contributed by atoms with Crippen molar-refractivity contribution >= 4 is 39.6 Å². The minimum atomic E-state index is -0.497. The summed E-state index contributed by atoms with van der Waals surface area (Å²) in [6, 6.07) is 17.8. The molecule has 0 saturated carbocycles. The first-order valence-corrected chi connectivity index (χ1v) is 10.8. The van der Waals surface area contributed by atoms with Crippen LogP contribution in [0.2, 0.25) is 0 Å². The molecule has 3 aromatic carbocycles. The number of nitrogens with zero attached hydrogens (tertiary/aromatic N) is 7. The number of amides is 1. The molecule has 2 aromatic heterocycles. The SMILES string of the molecule is [C-]#[N+]c1cnn(-c2ncccn2)c1/N=N/c1c(O)c(C(=O)Nc2ccc(C)cc2)cc2ccccc12. The largest absolute Gasteiger partial charge is 0.505 e. The Morgan fingerprint density at radius 3 is 2.56 bits per heavy atom. The smallest absolute Gasteiger partial charge is 0.259 e. The van der Waals surface area contributed by atoms with Gasteiger partial charge in [0.25, 0.3) is 17.5 Å². The van der Waals surface area contributed by atoms with E-state index < -0.39 is 5.91 Å². The van der Waals surface area contributed by atoms with Crippen molar-refractivity contribution in [1.29, 1.82) is 0 Å². The number of aromatic hydroxyl groups is 1. The molecule has 0 saturated heterocycles. The first-order valence-electron chi connectivity index (χ1n) is 10.8. The van der Waals surface area contributed by atoms with Crippen molar-refractivity contribution in [2.24, 2.45) is 10.2 Å². The second-order valence-electron chi connectivity index (χ2n) is 7.79. The summed E-state index contributed by atoms with van der Waals surface area (Å²) in [5.74, 6) is -0.535. The van der Waals surface area contributed by atoms with Gasteiger partial charge in [-0.25, -0.2) is 14.8 Å². The van der Waals surface area contributed by atoms with E-state index in [9.17, 15) is 9.90 Å². The topological polar surface area (TPSA) is 122 Å².